The van der Waals surface area contributed by atoms with Gasteiger partial charge >= 0.3 is 0 Å². The summed E-state index contributed by atoms with van der Waals surface area (Å²) in [4.78, 5) is 0. The number of nitrogen functional groups attached to an aromatic ring is 1. The van der Waals surface area contributed by atoms with Crippen LogP contribution < -0.4 is 15.2 Å². The Bertz CT molecular complexity index is 583. The van der Waals surface area contributed by atoms with Gasteiger partial charge in [-0.05, 0) is 12.1 Å². The molecule has 2 aromatic rings. The highest BCUT2D eigenvalue weighted by atomic mass is 35.5. The van der Waals surface area contributed by atoms with E-state index in [4.69, 9.17) is 26.8 Å². The van der Waals surface area contributed by atoms with Crippen LogP contribution in [0.1, 0.15) is 6.42 Å². The van der Waals surface area contributed by atoms with Crippen LogP contribution in [0.15, 0.2) is 18.3 Å². The Balaban J connectivity index is 2.22. The van der Waals surface area contributed by atoms with E-state index in [9.17, 15) is 0 Å². The zero-order valence-electron chi connectivity index (χ0n) is 9.57. The number of hydrogen-bond acceptors (Lipinski definition) is 4. The molecule has 18 heavy (non-hydrogen) atoms. The summed E-state index contributed by atoms with van der Waals surface area (Å²) in [5.41, 5.74) is 7.29. The van der Waals surface area contributed by atoms with Crippen molar-refractivity contribution < 1.29 is 9.47 Å². The Hall–Kier alpha value is -1.88. The van der Waals surface area contributed by atoms with E-state index in [1.807, 2.05) is 6.07 Å². The molecule has 94 valence electrons. The van der Waals surface area contributed by atoms with Crippen molar-refractivity contribution in [3.05, 3.63) is 23.4 Å². The topological polar surface area (TPSA) is 73.2 Å². The molecule has 3 N–H and O–H groups in total. The molecular formula is C12H12ClN3O2. The molecule has 0 bridgehead atoms. The third kappa shape index (κ3) is 1.76. The summed E-state index contributed by atoms with van der Waals surface area (Å²) in [6, 6.07) is 3.58. The summed E-state index contributed by atoms with van der Waals surface area (Å²) in [5, 5.41) is 7.16. The minimum absolute atomic E-state index is 0.457. The molecule has 1 aliphatic heterocycles. The van der Waals surface area contributed by atoms with Crippen molar-refractivity contribution in [3.63, 3.8) is 0 Å². The van der Waals surface area contributed by atoms with Crippen molar-refractivity contribution in [2.24, 2.45) is 0 Å². The van der Waals surface area contributed by atoms with Crippen LogP contribution in [0.2, 0.25) is 5.02 Å². The van der Waals surface area contributed by atoms with Crippen molar-refractivity contribution in [2.75, 3.05) is 18.9 Å². The molecule has 1 aliphatic rings. The number of aromatic amines is 1. The predicted molar refractivity (Wildman–Crippen MR) is 69.1 cm³/mol. The van der Waals surface area contributed by atoms with E-state index in [-0.39, 0.29) is 0 Å². The van der Waals surface area contributed by atoms with Crippen LogP contribution in [0.4, 0.5) is 5.82 Å². The van der Waals surface area contributed by atoms with Crippen LogP contribution in [0.3, 0.4) is 0 Å². The Labute approximate surface area is 109 Å². The van der Waals surface area contributed by atoms with Crippen molar-refractivity contribution in [1.29, 1.82) is 0 Å². The summed E-state index contributed by atoms with van der Waals surface area (Å²) in [7, 11) is 0. The number of H-pyrrole nitrogens is 1. The van der Waals surface area contributed by atoms with Gasteiger partial charge in [-0.2, -0.15) is 5.10 Å². The zero-order chi connectivity index (χ0) is 12.5. The van der Waals surface area contributed by atoms with E-state index in [1.165, 1.54) is 0 Å². The maximum absolute atomic E-state index is 6.25. The van der Waals surface area contributed by atoms with Gasteiger partial charge in [0.2, 0.25) is 0 Å². The lowest BCUT2D eigenvalue weighted by Crippen LogP contribution is -1.98. The largest absolute Gasteiger partial charge is 0.490 e. The number of nitrogens with one attached hydrogen (secondary N) is 1. The van der Waals surface area contributed by atoms with E-state index in [2.05, 4.69) is 10.2 Å². The monoisotopic (exact) mass is 265 g/mol. The molecule has 5 nitrogen and oxygen atoms in total. The number of halogens is 1. The van der Waals surface area contributed by atoms with Gasteiger partial charge in [-0.15, -0.1) is 0 Å². The third-order valence-electron chi connectivity index (χ3n) is 2.80. The third-order valence-corrected chi connectivity index (χ3v) is 3.12. The summed E-state index contributed by atoms with van der Waals surface area (Å²) < 4.78 is 11.4. The highest BCUT2D eigenvalue weighted by Gasteiger charge is 2.21. The second kappa shape index (κ2) is 4.42. The quantitative estimate of drug-likeness (QED) is 0.831. The number of fused-ring (bicyclic) bond motifs is 1. The maximum Gasteiger partial charge on any atom is 0.170 e. The van der Waals surface area contributed by atoms with Crippen LogP contribution >= 0.6 is 11.6 Å². The van der Waals surface area contributed by atoms with Gasteiger partial charge in [0.05, 0.1) is 30.0 Å². The number of aromatic nitrogens is 2. The highest BCUT2D eigenvalue weighted by molar-refractivity contribution is 6.34. The maximum atomic E-state index is 6.25. The lowest BCUT2D eigenvalue weighted by molar-refractivity contribution is 0.297. The first-order valence-electron chi connectivity index (χ1n) is 5.64. The normalized spacial score (nSPS) is 14.3. The molecule has 0 saturated carbocycles. The van der Waals surface area contributed by atoms with E-state index in [0.717, 1.165) is 17.5 Å². The molecule has 0 spiro atoms. The smallest absolute Gasteiger partial charge is 0.170 e. The zero-order valence-corrected chi connectivity index (χ0v) is 10.3. The fourth-order valence-electron chi connectivity index (χ4n) is 1.96. The first-order chi connectivity index (χ1) is 8.77. The van der Waals surface area contributed by atoms with E-state index >= 15 is 0 Å². The number of ether oxygens (including phenoxy) is 2. The summed E-state index contributed by atoms with van der Waals surface area (Å²) >= 11 is 6.25. The number of nitrogens with two attached hydrogens (primary N) is 1. The fourth-order valence-corrected chi connectivity index (χ4v) is 2.21. The lowest BCUT2D eigenvalue weighted by atomic mass is 10.1. The van der Waals surface area contributed by atoms with Crippen molar-refractivity contribution >= 4 is 17.4 Å². The number of hydrogen-bond donors (Lipinski definition) is 2. The van der Waals surface area contributed by atoms with Crippen molar-refractivity contribution in [1.82, 2.24) is 10.2 Å². The minimum Gasteiger partial charge on any atom is -0.490 e. The Morgan fingerprint density at radius 2 is 2.11 bits per heavy atom. The van der Waals surface area contributed by atoms with Crippen LogP contribution in [-0.2, 0) is 0 Å². The van der Waals surface area contributed by atoms with E-state index in [0.29, 0.717) is 35.6 Å². The fraction of sp³-hybridized carbons (Fsp3) is 0.250. The van der Waals surface area contributed by atoms with Crippen LogP contribution in [0.25, 0.3) is 11.1 Å². The molecule has 1 aromatic carbocycles. The van der Waals surface area contributed by atoms with Gasteiger partial charge in [-0.3, -0.25) is 5.10 Å². The Morgan fingerprint density at radius 1 is 1.28 bits per heavy atom. The first-order valence-corrected chi connectivity index (χ1v) is 6.02. The second-order valence-electron chi connectivity index (χ2n) is 4.00. The predicted octanol–water partition coefficient (Wildman–Crippen LogP) is 2.47. The van der Waals surface area contributed by atoms with Gasteiger partial charge in [0.1, 0.15) is 5.82 Å². The molecule has 3 rings (SSSR count). The molecule has 1 aromatic heterocycles. The number of nitrogens with zero attached hydrogens (tertiary/aromatic N) is 1. The second-order valence-corrected chi connectivity index (χ2v) is 4.40. The molecule has 0 unspecified atom stereocenters. The first kappa shape index (κ1) is 11.2. The van der Waals surface area contributed by atoms with Crippen molar-refractivity contribution in [2.45, 2.75) is 6.42 Å². The highest BCUT2D eigenvalue weighted by Crippen LogP contribution is 2.45. The number of anilines is 1. The molecule has 2 heterocycles. The van der Waals surface area contributed by atoms with Gasteiger partial charge in [0, 0.05) is 12.0 Å². The Kier molecular flexibility index (Phi) is 2.76. The molecule has 0 fully saturated rings. The molecule has 0 aliphatic carbocycles. The van der Waals surface area contributed by atoms with E-state index < -0.39 is 0 Å². The van der Waals surface area contributed by atoms with Crippen molar-refractivity contribution in [3.8, 4) is 22.6 Å². The molecular weight excluding hydrogens is 254 g/mol. The standard InChI is InChI=1S/C12H12ClN3O2/c13-8-2-3-9-11(18-5-1-4-17-9)10(8)7-6-15-16-12(7)14/h2-3,6H,1,4-5H2,(H3,14,15,16). The minimum atomic E-state index is 0.457. The molecule has 6 heteroatoms. The van der Waals surface area contributed by atoms with Crippen LogP contribution in [0.5, 0.6) is 11.5 Å². The van der Waals surface area contributed by atoms with Crippen LogP contribution in [0, 0.1) is 0 Å². The van der Waals surface area contributed by atoms with E-state index in [1.54, 1.807) is 12.3 Å². The summed E-state index contributed by atoms with van der Waals surface area (Å²) in [5.74, 6) is 1.78. The number of benzene rings is 1. The van der Waals surface area contributed by atoms with Crippen LogP contribution in [-0.4, -0.2) is 23.4 Å². The van der Waals surface area contributed by atoms with Gasteiger partial charge in [0.15, 0.2) is 11.5 Å². The molecule has 0 saturated heterocycles. The van der Waals surface area contributed by atoms with Gasteiger partial charge < -0.3 is 15.2 Å². The van der Waals surface area contributed by atoms with Gasteiger partial charge in [0.25, 0.3) is 0 Å². The summed E-state index contributed by atoms with van der Waals surface area (Å²) in [6.07, 6.45) is 2.47. The van der Waals surface area contributed by atoms with Gasteiger partial charge in [-0.1, -0.05) is 11.6 Å². The molecule has 0 amide bonds. The SMILES string of the molecule is Nc1[nH]ncc1-c1c(Cl)ccc2c1OCCCO2. The molecule has 0 atom stereocenters. The summed E-state index contributed by atoms with van der Waals surface area (Å²) in [6.45, 7) is 1.23. The average molecular weight is 266 g/mol. The number of rotatable bonds is 1. The average Bonchev–Trinajstić information content (AvgIpc) is 2.64. The van der Waals surface area contributed by atoms with Gasteiger partial charge in [-0.25, -0.2) is 0 Å². The lowest BCUT2D eigenvalue weighted by Gasteiger charge is -2.13. The molecule has 0 radical (unpaired) electrons. The Morgan fingerprint density at radius 3 is 2.89 bits per heavy atom.